The molecule has 1 aromatic carbocycles. The Morgan fingerprint density at radius 1 is 1.25 bits per heavy atom. The standard InChI is InChI=1S/C24H29F2N3O3/c1-3-23(30)28-16(2)17-4-6-19(7-5-17)32-21-10-11-29(14-21)22-9-8-20(13-27-22)31-15-18-12-24(18,25)26/h4-9,13,16,18,21H,3,10-12,14-15H2,1-2H3,(H,28,30)/t16-,18+,21?/m0/s1. The number of amides is 1. The van der Waals surface area contributed by atoms with Crippen LogP contribution in [0, 0.1) is 5.92 Å². The van der Waals surface area contributed by atoms with Gasteiger partial charge in [-0.05, 0) is 36.8 Å². The first-order valence-corrected chi connectivity index (χ1v) is 11.1. The number of halogens is 2. The minimum Gasteiger partial charge on any atom is -0.491 e. The van der Waals surface area contributed by atoms with Crippen molar-refractivity contribution in [3.05, 3.63) is 48.2 Å². The van der Waals surface area contributed by atoms with Crippen molar-refractivity contribution in [3.63, 3.8) is 0 Å². The van der Waals surface area contributed by atoms with E-state index in [2.05, 4.69) is 15.2 Å². The normalized spacial score (nSPS) is 22.3. The van der Waals surface area contributed by atoms with Gasteiger partial charge in [0.25, 0.3) is 5.92 Å². The van der Waals surface area contributed by atoms with Crippen LogP contribution in [0.5, 0.6) is 11.5 Å². The fourth-order valence-electron chi connectivity index (χ4n) is 3.78. The highest BCUT2D eigenvalue weighted by molar-refractivity contribution is 5.76. The summed E-state index contributed by atoms with van der Waals surface area (Å²) >= 11 is 0. The van der Waals surface area contributed by atoms with E-state index in [0.717, 1.165) is 30.1 Å². The van der Waals surface area contributed by atoms with Crippen LogP contribution in [0.15, 0.2) is 42.6 Å². The Bertz CT molecular complexity index is 921. The van der Waals surface area contributed by atoms with Crippen LogP contribution in [0.1, 0.15) is 44.7 Å². The molecule has 1 aromatic heterocycles. The minimum atomic E-state index is -2.57. The number of anilines is 1. The van der Waals surface area contributed by atoms with Gasteiger partial charge in [-0.25, -0.2) is 13.8 Å². The molecule has 6 nitrogen and oxygen atoms in total. The molecule has 1 unspecified atom stereocenters. The lowest BCUT2D eigenvalue weighted by atomic mass is 10.1. The summed E-state index contributed by atoms with van der Waals surface area (Å²) in [7, 11) is 0. The van der Waals surface area contributed by atoms with Crippen LogP contribution >= 0.6 is 0 Å². The largest absolute Gasteiger partial charge is 0.491 e. The molecule has 1 aliphatic heterocycles. The predicted molar refractivity (Wildman–Crippen MR) is 117 cm³/mol. The van der Waals surface area contributed by atoms with Gasteiger partial charge in [-0.15, -0.1) is 0 Å². The Morgan fingerprint density at radius 3 is 2.59 bits per heavy atom. The quantitative estimate of drug-likeness (QED) is 0.621. The van der Waals surface area contributed by atoms with E-state index < -0.39 is 11.8 Å². The zero-order valence-electron chi connectivity index (χ0n) is 18.4. The summed E-state index contributed by atoms with van der Waals surface area (Å²) in [5, 5.41) is 2.95. The number of aromatic nitrogens is 1. The molecular weight excluding hydrogens is 416 g/mol. The van der Waals surface area contributed by atoms with Crippen LogP contribution in [-0.2, 0) is 4.79 Å². The first-order valence-electron chi connectivity index (χ1n) is 11.1. The lowest BCUT2D eigenvalue weighted by molar-refractivity contribution is -0.121. The number of alkyl halides is 2. The van der Waals surface area contributed by atoms with Crippen LogP contribution in [0.3, 0.4) is 0 Å². The number of carbonyl (C=O) groups excluding carboxylic acids is 1. The average molecular weight is 446 g/mol. The second-order valence-corrected chi connectivity index (χ2v) is 8.51. The molecule has 2 aliphatic rings. The third-order valence-corrected chi connectivity index (χ3v) is 5.98. The van der Waals surface area contributed by atoms with Crippen molar-refractivity contribution in [1.82, 2.24) is 10.3 Å². The van der Waals surface area contributed by atoms with Crippen molar-refractivity contribution in [3.8, 4) is 11.5 Å². The van der Waals surface area contributed by atoms with Gasteiger partial charge in [-0.1, -0.05) is 19.1 Å². The van der Waals surface area contributed by atoms with Crippen LogP contribution < -0.4 is 19.7 Å². The fraction of sp³-hybridized carbons (Fsp3) is 0.500. The van der Waals surface area contributed by atoms with Crippen LogP contribution in [0.25, 0.3) is 0 Å². The van der Waals surface area contributed by atoms with Gasteiger partial charge in [0, 0.05) is 25.8 Å². The molecule has 1 N–H and O–H groups in total. The van der Waals surface area contributed by atoms with Crippen molar-refractivity contribution < 1.29 is 23.0 Å². The van der Waals surface area contributed by atoms with Gasteiger partial charge in [0.2, 0.25) is 5.91 Å². The van der Waals surface area contributed by atoms with Gasteiger partial charge in [-0.3, -0.25) is 4.79 Å². The molecule has 4 rings (SSSR count). The van der Waals surface area contributed by atoms with E-state index in [0.29, 0.717) is 18.7 Å². The molecule has 1 saturated carbocycles. The molecule has 2 heterocycles. The number of ether oxygens (including phenoxy) is 2. The molecule has 0 spiro atoms. The Balaban J connectivity index is 1.25. The second-order valence-electron chi connectivity index (χ2n) is 8.51. The summed E-state index contributed by atoms with van der Waals surface area (Å²) in [6, 6.07) is 11.4. The van der Waals surface area contributed by atoms with Crippen molar-refractivity contribution in [2.75, 3.05) is 24.6 Å². The van der Waals surface area contributed by atoms with E-state index >= 15 is 0 Å². The molecule has 1 aliphatic carbocycles. The molecule has 8 heteroatoms. The second kappa shape index (κ2) is 9.30. The number of nitrogens with zero attached hydrogens (tertiary/aromatic N) is 2. The van der Waals surface area contributed by atoms with Gasteiger partial charge >= 0.3 is 0 Å². The Kier molecular flexibility index (Phi) is 6.48. The molecule has 1 amide bonds. The highest BCUT2D eigenvalue weighted by Crippen LogP contribution is 2.48. The lowest BCUT2D eigenvalue weighted by Gasteiger charge is -2.19. The van der Waals surface area contributed by atoms with Crippen molar-refractivity contribution in [2.24, 2.45) is 5.92 Å². The van der Waals surface area contributed by atoms with Crippen LogP contribution in [-0.4, -0.2) is 42.6 Å². The third-order valence-electron chi connectivity index (χ3n) is 5.98. The molecule has 0 bridgehead atoms. The minimum absolute atomic E-state index is 0.0240. The number of carbonyl (C=O) groups is 1. The lowest BCUT2D eigenvalue weighted by Crippen LogP contribution is -2.26. The van der Waals surface area contributed by atoms with Gasteiger partial charge in [0.15, 0.2) is 0 Å². The molecule has 172 valence electrons. The SMILES string of the molecule is CCC(=O)N[C@@H](C)c1ccc(OC2CCN(c3ccc(OC[C@H]4CC4(F)F)cn3)C2)cc1. The zero-order valence-corrected chi connectivity index (χ0v) is 18.4. The summed E-state index contributed by atoms with van der Waals surface area (Å²) in [5.74, 6) is -1.10. The number of nitrogens with one attached hydrogen (secondary N) is 1. The first kappa shape index (κ1) is 22.3. The maximum atomic E-state index is 12.9. The predicted octanol–water partition coefficient (Wildman–Crippen LogP) is 4.36. The molecular formula is C24H29F2N3O3. The highest BCUT2D eigenvalue weighted by atomic mass is 19.3. The Labute approximate surface area is 186 Å². The van der Waals surface area contributed by atoms with E-state index in [1.165, 1.54) is 0 Å². The average Bonchev–Trinajstić information content (AvgIpc) is 3.16. The van der Waals surface area contributed by atoms with E-state index in [9.17, 15) is 13.6 Å². The first-order chi connectivity index (χ1) is 15.3. The monoisotopic (exact) mass is 445 g/mol. The highest BCUT2D eigenvalue weighted by Gasteiger charge is 2.57. The van der Waals surface area contributed by atoms with Gasteiger partial charge in [0.05, 0.1) is 31.3 Å². The van der Waals surface area contributed by atoms with Crippen LogP contribution in [0.2, 0.25) is 0 Å². The molecule has 32 heavy (non-hydrogen) atoms. The smallest absolute Gasteiger partial charge is 0.255 e. The number of hydrogen-bond acceptors (Lipinski definition) is 5. The molecule has 0 radical (unpaired) electrons. The van der Waals surface area contributed by atoms with Gasteiger partial charge in [0.1, 0.15) is 23.4 Å². The molecule has 2 aromatic rings. The van der Waals surface area contributed by atoms with Gasteiger partial charge in [-0.2, -0.15) is 0 Å². The van der Waals surface area contributed by atoms with E-state index in [1.807, 2.05) is 44.2 Å². The topological polar surface area (TPSA) is 63.7 Å². The molecule has 2 fully saturated rings. The third kappa shape index (κ3) is 5.47. The zero-order chi connectivity index (χ0) is 22.7. The Hall–Kier alpha value is -2.90. The molecule has 3 atom stereocenters. The fourth-order valence-corrected chi connectivity index (χ4v) is 3.78. The van der Waals surface area contributed by atoms with Crippen molar-refractivity contribution in [1.29, 1.82) is 0 Å². The summed E-state index contributed by atoms with van der Waals surface area (Å²) < 4.78 is 37.4. The van der Waals surface area contributed by atoms with E-state index in [-0.39, 0.29) is 31.1 Å². The number of benzene rings is 1. The Morgan fingerprint density at radius 2 is 1.97 bits per heavy atom. The summed E-state index contributed by atoms with van der Waals surface area (Å²) in [6.45, 7) is 5.36. The summed E-state index contributed by atoms with van der Waals surface area (Å²) in [4.78, 5) is 18.1. The maximum Gasteiger partial charge on any atom is 0.255 e. The van der Waals surface area contributed by atoms with Crippen molar-refractivity contribution in [2.45, 2.75) is 51.2 Å². The number of rotatable bonds is 9. The van der Waals surface area contributed by atoms with E-state index in [4.69, 9.17) is 9.47 Å². The number of pyridine rings is 1. The van der Waals surface area contributed by atoms with Gasteiger partial charge < -0.3 is 19.7 Å². The summed E-state index contributed by atoms with van der Waals surface area (Å²) in [6.07, 6.45) is 2.88. The summed E-state index contributed by atoms with van der Waals surface area (Å²) in [5.41, 5.74) is 1.03. The van der Waals surface area contributed by atoms with Crippen LogP contribution in [0.4, 0.5) is 14.6 Å². The maximum absolute atomic E-state index is 12.9. The van der Waals surface area contributed by atoms with Crippen molar-refractivity contribution >= 4 is 11.7 Å². The molecule has 1 saturated heterocycles. The van der Waals surface area contributed by atoms with E-state index in [1.54, 1.807) is 12.3 Å². The number of hydrogen-bond donors (Lipinski definition) is 1.